The number of anilines is 1. The number of piperidine rings is 1. The lowest BCUT2D eigenvalue weighted by atomic mass is 9.98. The third kappa shape index (κ3) is 4.30. The van der Waals surface area contributed by atoms with Gasteiger partial charge in [0.1, 0.15) is 0 Å². The van der Waals surface area contributed by atoms with Crippen LogP contribution in [0.2, 0.25) is 0 Å². The third-order valence-corrected chi connectivity index (χ3v) is 5.77. The van der Waals surface area contributed by atoms with Crippen LogP contribution < -0.4 is 10.6 Å². The van der Waals surface area contributed by atoms with E-state index < -0.39 is 0 Å². The van der Waals surface area contributed by atoms with E-state index in [4.69, 9.17) is 0 Å². The number of likely N-dealkylation sites (tertiary alicyclic amines) is 1. The maximum atomic E-state index is 12.0. The zero-order chi connectivity index (χ0) is 16.9. The number of hydrogen-bond acceptors (Lipinski definition) is 6. The van der Waals surface area contributed by atoms with Gasteiger partial charge in [0.2, 0.25) is 11.0 Å². The van der Waals surface area contributed by atoms with E-state index in [1.54, 1.807) is 18.3 Å². The molecule has 7 nitrogen and oxygen atoms in total. The standard InChI is InChI=1S/C15H19N5O2S2/c1-10(21)20-6-2-4-11(9-20)8-16-14(22)17-15-19-18-13(24-15)12-5-3-7-23-12/h3,5,7,11H,2,4,6,8-9H2,1H3,(H2,16,17,19,22)/t11-/m0/s1. The second-order valence-electron chi connectivity index (χ2n) is 5.70. The molecule has 0 radical (unpaired) electrons. The average molecular weight is 365 g/mol. The van der Waals surface area contributed by atoms with Gasteiger partial charge >= 0.3 is 6.03 Å². The van der Waals surface area contributed by atoms with Crippen LogP contribution in [0.4, 0.5) is 9.93 Å². The molecule has 0 saturated carbocycles. The molecule has 0 aromatic carbocycles. The van der Waals surface area contributed by atoms with E-state index in [1.165, 1.54) is 11.3 Å². The van der Waals surface area contributed by atoms with Gasteiger partial charge < -0.3 is 10.2 Å². The molecule has 9 heteroatoms. The third-order valence-electron chi connectivity index (χ3n) is 3.89. The predicted molar refractivity (Wildman–Crippen MR) is 95.2 cm³/mol. The van der Waals surface area contributed by atoms with Crippen molar-refractivity contribution in [3.63, 3.8) is 0 Å². The largest absolute Gasteiger partial charge is 0.343 e. The molecule has 128 valence electrons. The number of carbonyl (C=O) groups excluding carboxylic acids is 2. The summed E-state index contributed by atoms with van der Waals surface area (Å²) in [6, 6.07) is 3.64. The van der Waals surface area contributed by atoms with Gasteiger partial charge in [-0.3, -0.25) is 10.1 Å². The van der Waals surface area contributed by atoms with E-state index in [9.17, 15) is 9.59 Å². The Balaban J connectivity index is 1.47. The van der Waals surface area contributed by atoms with E-state index in [2.05, 4.69) is 20.8 Å². The minimum atomic E-state index is -0.288. The molecular formula is C15H19N5O2S2. The number of rotatable bonds is 4. The lowest BCUT2D eigenvalue weighted by molar-refractivity contribution is -0.130. The van der Waals surface area contributed by atoms with Gasteiger partial charge in [0, 0.05) is 26.6 Å². The Morgan fingerprint density at radius 1 is 1.42 bits per heavy atom. The van der Waals surface area contributed by atoms with Crippen LogP contribution in [0.5, 0.6) is 0 Å². The van der Waals surface area contributed by atoms with Crippen molar-refractivity contribution in [2.75, 3.05) is 25.0 Å². The van der Waals surface area contributed by atoms with Crippen LogP contribution >= 0.6 is 22.7 Å². The molecule has 1 aliphatic heterocycles. The van der Waals surface area contributed by atoms with Crippen molar-refractivity contribution in [3.05, 3.63) is 17.5 Å². The highest BCUT2D eigenvalue weighted by atomic mass is 32.1. The fourth-order valence-corrected chi connectivity index (χ4v) is 4.20. The molecule has 0 bridgehead atoms. The van der Waals surface area contributed by atoms with Crippen LogP contribution in [-0.4, -0.2) is 46.7 Å². The van der Waals surface area contributed by atoms with Crippen LogP contribution in [0.3, 0.4) is 0 Å². The molecule has 0 spiro atoms. The second-order valence-corrected chi connectivity index (χ2v) is 7.62. The maximum absolute atomic E-state index is 12.0. The fourth-order valence-electron chi connectivity index (χ4n) is 2.67. The number of nitrogens with one attached hydrogen (secondary N) is 2. The zero-order valence-corrected chi connectivity index (χ0v) is 15.0. The topological polar surface area (TPSA) is 87.2 Å². The van der Waals surface area contributed by atoms with Crippen molar-refractivity contribution in [2.24, 2.45) is 5.92 Å². The van der Waals surface area contributed by atoms with E-state index in [0.29, 0.717) is 24.1 Å². The van der Waals surface area contributed by atoms with Gasteiger partial charge in [-0.05, 0) is 30.2 Å². The van der Waals surface area contributed by atoms with Crippen molar-refractivity contribution < 1.29 is 9.59 Å². The van der Waals surface area contributed by atoms with Gasteiger partial charge in [0.05, 0.1) is 4.88 Å². The Labute approximate surface area is 148 Å². The second kappa shape index (κ2) is 7.71. The maximum Gasteiger partial charge on any atom is 0.321 e. The summed E-state index contributed by atoms with van der Waals surface area (Å²) < 4.78 is 0. The number of urea groups is 1. The zero-order valence-electron chi connectivity index (χ0n) is 13.3. The Kier molecular flexibility index (Phi) is 5.41. The van der Waals surface area contributed by atoms with Crippen molar-refractivity contribution in [1.82, 2.24) is 20.4 Å². The molecule has 2 aromatic heterocycles. The average Bonchev–Trinajstić information content (AvgIpc) is 3.24. The summed E-state index contributed by atoms with van der Waals surface area (Å²) in [7, 11) is 0. The molecule has 3 rings (SSSR count). The first kappa shape index (κ1) is 16.8. The van der Waals surface area contributed by atoms with Crippen LogP contribution in [0.15, 0.2) is 17.5 Å². The van der Waals surface area contributed by atoms with E-state index in [0.717, 1.165) is 29.3 Å². The quantitative estimate of drug-likeness (QED) is 0.872. The van der Waals surface area contributed by atoms with E-state index in [1.807, 2.05) is 22.4 Å². The number of aromatic nitrogens is 2. The van der Waals surface area contributed by atoms with Crippen molar-refractivity contribution in [1.29, 1.82) is 0 Å². The molecule has 1 aliphatic rings. The Bertz CT molecular complexity index is 701. The number of nitrogens with zero attached hydrogens (tertiary/aromatic N) is 3. The van der Waals surface area contributed by atoms with Gasteiger partial charge in [-0.1, -0.05) is 17.4 Å². The fraction of sp³-hybridized carbons (Fsp3) is 0.467. The summed E-state index contributed by atoms with van der Waals surface area (Å²) in [5, 5.41) is 16.9. The van der Waals surface area contributed by atoms with Crippen LogP contribution in [-0.2, 0) is 4.79 Å². The summed E-state index contributed by atoms with van der Waals surface area (Å²) >= 11 is 2.94. The Morgan fingerprint density at radius 3 is 3.04 bits per heavy atom. The lowest BCUT2D eigenvalue weighted by Crippen LogP contribution is -2.43. The van der Waals surface area contributed by atoms with Gasteiger partial charge in [-0.25, -0.2) is 4.79 Å². The molecular weight excluding hydrogens is 346 g/mol. The van der Waals surface area contributed by atoms with Crippen LogP contribution in [0, 0.1) is 5.92 Å². The summed E-state index contributed by atoms with van der Waals surface area (Å²) in [4.78, 5) is 26.3. The highest BCUT2D eigenvalue weighted by molar-refractivity contribution is 7.23. The van der Waals surface area contributed by atoms with Gasteiger partial charge in [0.25, 0.3) is 0 Å². The van der Waals surface area contributed by atoms with Crippen molar-refractivity contribution in [3.8, 4) is 9.88 Å². The molecule has 3 heterocycles. The van der Waals surface area contributed by atoms with Gasteiger partial charge in [-0.15, -0.1) is 21.5 Å². The molecule has 0 unspecified atom stereocenters. The monoisotopic (exact) mass is 365 g/mol. The molecule has 1 fully saturated rings. The van der Waals surface area contributed by atoms with Gasteiger partial charge in [-0.2, -0.15) is 0 Å². The van der Waals surface area contributed by atoms with Crippen LogP contribution in [0.1, 0.15) is 19.8 Å². The minimum Gasteiger partial charge on any atom is -0.343 e. The Hall–Kier alpha value is -2.00. The predicted octanol–water partition coefficient (Wildman–Crippen LogP) is 2.65. The van der Waals surface area contributed by atoms with Gasteiger partial charge in [0.15, 0.2) is 5.01 Å². The molecule has 1 saturated heterocycles. The summed E-state index contributed by atoms with van der Waals surface area (Å²) in [5.74, 6) is 0.392. The molecule has 0 aliphatic carbocycles. The SMILES string of the molecule is CC(=O)N1CCC[C@@H](CNC(=O)Nc2nnc(-c3cccs3)s2)C1. The number of carbonyl (C=O) groups is 2. The number of hydrogen-bond donors (Lipinski definition) is 2. The first-order valence-corrected chi connectivity index (χ1v) is 9.49. The first-order chi connectivity index (χ1) is 11.6. The van der Waals surface area contributed by atoms with Crippen molar-refractivity contribution in [2.45, 2.75) is 19.8 Å². The highest BCUT2D eigenvalue weighted by Crippen LogP contribution is 2.29. The minimum absolute atomic E-state index is 0.0964. The summed E-state index contributed by atoms with van der Waals surface area (Å²) in [6.45, 7) is 3.65. The number of thiophene rings is 1. The summed E-state index contributed by atoms with van der Waals surface area (Å²) in [6.07, 6.45) is 2.00. The molecule has 2 N–H and O–H groups in total. The lowest BCUT2D eigenvalue weighted by Gasteiger charge is -2.32. The van der Waals surface area contributed by atoms with E-state index >= 15 is 0 Å². The number of amides is 3. The molecule has 2 aromatic rings. The normalized spacial score (nSPS) is 17.5. The molecule has 24 heavy (non-hydrogen) atoms. The molecule has 3 amide bonds. The molecule has 1 atom stereocenters. The smallest absolute Gasteiger partial charge is 0.321 e. The Morgan fingerprint density at radius 2 is 2.29 bits per heavy atom. The summed E-state index contributed by atoms with van der Waals surface area (Å²) in [5.41, 5.74) is 0. The van der Waals surface area contributed by atoms with E-state index in [-0.39, 0.29) is 11.9 Å². The highest BCUT2D eigenvalue weighted by Gasteiger charge is 2.22. The first-order valence-electron chi connectivity index (χ1n) is 7.79. The van der Waals surface area contributed by atoms with Crippen LogP contribution in [0.25, 0.3) is 9.88 Å². The van der Waals surface area contributed by atoms with Crippen molar-refractivity contribution >= 4 is 39.7 Å².